The number of hydrogen-bond acceptors (Lipinski definition) is 1. The Morgan fingerprint density at radius 3 is 2.67 bits per heavy atom. The van der Waals surface area contributed by atoms with E-state index in [1.807, 2.05) is 0 Å². The van der Waals surface area contributed by atoms with Crippen molar-refractivity contribution in [2.24, 2.45) is 0 Å². The molecule has 1 heteroatoms. The zero-order chi connectivity index (χ0) is 9.23. The van der Waals surface area contributed by atoms with Crippen LogP contribution in [0.25, 0.3) is 0 Å². The average Bonchev–Trinajstić information content (AvgIpc) is 2.05. The molecule has 0 aromatic carbocycles. The molecule has 1 nitrogen and oxygen atoms in total. The third kappa shape index (κ3) is 7.63. The third-order valence-corrected chi connectivity index (χ3v) is 2.01. The molecular weight excluding hydrogens is 146 g/mol. The van der Waals surface area contributed by atoms with Gasteiger partial charge in [0.05, 0.1) is 0 Å². The van der Waals surface area contributed by atoms with Crippen molar-refractivity contribution >= 4 is 0 Å². The highest BCUT2D eigenvalue weighted by Crippen LogP contribution is 2.04. The predicted molar refractivity (Wildman–Crippen MR) is 55.1 cm³/mol. The summed E-state index contributed by atoms with van der Waals surface area (Å²) < 4.78 is 0. The first-order valence-electron chi connectivity index (χ1n) is 4.98. The molecule has 1 atom stereocenters. The second-order valence-corrected chi connectivity index (χ2v) is 3.26. The van der Waals surface area contributed by atoms with Crippen molar-refractivity contribution in [2.45, 2.75) is 52.0 Å². The van der Waals surface area contributed by atoms with Crippen LogP contribution in [0.15, 0.2) is 0 Å². The Bertz CT molecular complexity index is 123. The SMILES string of the molecule is C#CCCCCCC(C)NCC. The molecule has 1 unspecified atom stereocenters. The van der Waals surface area contributed by atoms with Crippen LogP contribution in [0.1, 0.15) is 46.0 Å². The van der Waals surface area contributed by atoms with Crippen LogP contribution in [0.4, 0.5) is 0 Å². The Hall–Kier alpha value is -0.480. The van der Waals surface area contributed by atoms with E-state index in [-0.39, 0.29) is 0 Å². The standard InChI is InChI=1S/C11H21N/c1-4-6-7-8-9-10-11(3)12-5-2/h1,11-12H,5-10H2,2-3H3. The van der Waals surface area contributed by atoms with Crippen LogP contribution in [0.5, 0.6) is 0 Å². The lowest BCUT2D eigenvalue weighted by Crippen LogP contribution is -2.25. The van der Waals surface area contributed by atoms with E-state index < -0.39 is 0 Å². The molecule has 0 aliphatic rings. The molecule has 0 amide bonds. The maximum absolute atomic E-state index is 5.16. The lowest BCUT2D eigenvalue weighted by atomic mass is 10.1. The van der Waals surface area contributed by atoms with Gasteiger partial charge in [-0.25, -0.2) is 0 Å². The van der Waals surface area contributed by atoms with Crippen LogP contribution in [-0.4, -0.2) is 12.6 Å². The van der Waals surface area contributed by atoms with E-state index >= 15 is 0 Å². The van der Waals surface area contributed by atoms with Crippen molar-refractivity contribution < 1.29 is 0 Å². The maximum atomic E-state index is 5.16. The largest absolute Gasteiger partial charge is 0.315 e. The van der Waals surface area contributed by atoms with Crippen molar-refractivity contribution in [2.75, 3.05) is 6.54 Å². The van der Waals surface area contributed by atoms with Crippen molar-refractivity contribution in [1.29, 1.82) is 0 Å². The molecule has 0 aromatic heterocycles. The molecule has 70 valence electrons. The lowest BCUT2D eigenvalue weighted by Gasteiger charge is -2.10. The summed E-state index contributed by atoms with van der Waals surface area (Å²) in [6.45, 7) is 5.46. The van der Waals surface area contributed by atoms with Crippen LogP contribution in [0.2, 0.25) is 0 Å². The number of nitrogens with one attached hydrogen (secondary N) is 1. The van der Waals surface area contributed by atoms with Gasteiger partial charge in [0.1, 0.15) is 0 Å². The summed E-state index contributed by atoms with van der Waals surface area (Å²) in [6.07, 6.45) is 11.1. The summed E-state index contributed by atoms with van der Waals surface area (Å²) in [7, 11) is 0. The summed E-state index contributed by atoms with van der Waals surface area (Å²) in [5.41, 5.74) is 0. The average molecular weight is 167 g/mol. The summed E-state index contributed by atoms with van der Waals surface area (Å²) in [4.78, 5) is 0. The molecule has 0 spiro atoms. The van der Waals surface area contributed by atoms with Crippen LogP contribution >= 0.6 is 0 Å². The highest BCUT2D eigenvalue weighted by atomic mass is 14.9. The zero-order valence-electron chi connectivity index (χ0n) is 8.40. The van der Waals surface area contributed by atoms with Gasteiger partial charge in [-0.3, -0.25) is 0 Å². The molecular formula is C11H21N. The quantitative estimate of drug-likeness (QED) is 0.454. The molecule has 0 aliphatic carbocycles. The Balaban J connectivity index is 3.04. The number of terminal acetylenes is 1. The van der Waals surface area contributed by atoms with E-state index in [1.165, 1.54) is 25.7 Å². The summed E-state index contributed by atoms with van der Waals surface area (Å²) in [5.74, 6) is 2.67. The molecule has 0 fully saturated rings. The monoisotopic (exact) mass is 167 g/mol. The second-order valence-electron chi connectivity index (χ2n) is 3.26. The number of rotatable bonds is 7. The van der Waals surface area contributed by atoms with Crippen LogP contribution in [0, 0.1) is 12.3 Å². The zero-order valence-corrected chi connectivity index (χ0v) is 8.40. The normalized spacial score (nSPS) is 12.4. The van der Waals surface area contributed by atoms with Gasteiger partial charge >= 0.3 is 0 Å². The van der Waals surface area contributed by atoms with Gasteiger partial charge in [-0.05, 0) is 26.3 Å². The second kappa shape index (κ2) is 8.62. The van der Waals surface area contributed by atoms with Crippen LogP contribution < -0.4 is 5.32 Å². The van der Waals surface area contributed by atoms with Gasteiger partial charge < -0.3 is 5.32 Å². The molecule has 0 saturated heterocycles. The minimum absolute atomic E-state index is 0.667. The Morgan fingerprint density at radius 1 is 1.33 bits per heavy atom. The van der Waals surface area contributed by atoms with Gasteiger partial charge in [0, 0.05) is 12.5 Å². The first kappa shape index (κ1) is 11.5. The fourth-order valence-corrected chi connectivity index (χ4v) is 1.30. The first-order valence-corrected chi connectivity index (χ1v) is 4.98. The third-order valence-electron chi connectivity index (χ3n) is 2.01. The van der Waals surface area contributed by atoms with Gasteiger partial charge in [0.15, 0.2) is 0 Å². The van der Waals surface area contributed by atoms with Gasteiger partial charge in [-0.1, -0.05) is 19.8 Å². The molecule has 0 aromatic rings. The Labute approximate surface area is 76.9 Å². The predicted octanol–water partition coefficient (Wildman–Crippen LogP) is 2.57. The molecule has 0 bridgehead atoms. The number of hydrogen-bond donors (Lipinski definition) is 1. The van der Waals surface area contributed by atoms with Crippen molar-refractivity contribution in [3.05, 3.63) is 0 Å². The molecule has 0 aliphatic heterocycles. The highest BCUT2D eigenvalue weighted by Gasteiger charge is 1.97. The van der Waals surface area contributed by atoms with E-state index in [1.54, 1.807) is 0 Å². The number of unbranched alkanes of at least 4 members (excludes halogenated alkanes) is 3. The van der Waals surface area contributed by atoms with Crippen molar-refractivity contribution in [1.82, 2.24) is 5.32 Å². The van der Waals surface area contributed by atoms with E-state index in [2.05, 4.69) is 25.1 Å². The van der Waals surface area contributed by atoms with E-state index in [9.17, 15) is 0 Å². The van der Waals surface area contributed by atoms with E-state index in [0.29, 0.717) is 6.04 Å². The van der Waals surface area contributed by atoms with Gasteiger partial charge in [0.25, 0.3) is 0 Å². The smallest absolute Gasteiger partial charge is 0.00860 e. The fourth-order valence-electron chi connectivity index (χ4n) is 1.30. The highest BCUT2D eigenvalue weighted by molar-refractivity contribution is 4.82. The maximum Gasteiger partial charge on any atom is 0.00860 e. The Morgan fingerprint density at radius 2 is 2.08 bits per heavy atom. The fraction of sp³-hybridized carbons (Fsp3) is 0.818. The van der Waals surface area contributed by atoms with Gasteiger partial charge in [0.2, 0.25) is 0 Å². The summed E-state index contributed by atoms with van der Waals surface area (Å²) in [6, 6.07) is 0.667. The minimum Gasteiger partial charge on any atom is -0.315 e. The molecule has 1 N–H and O–H groups in total. The van der Waals surface area contributed by atoms with Crippen molar-refractivity contribution in [3.8, 4) is 12.3 Å². The van der Waals surface area contributed by atoms with E-state index in [0.717, 1.165) is 13.0 Å². The lowest BCUT2D eigenvalue weighted by molar-refractivity contribution is 0.497. The summed E-state index contributed by atoms with van der Waals surface area (Å²) in [5, 5.41) is 3.40. The van der Waals surface area contributed by atoms with Gasteiger partial charge in [-0.2, -0.15) is 0 Å². The Kier molecular flexibility index (Phi) is 8.27. The topological polar surface area (TPSA) is 12.0 Å². The van der Waals surface area contributed by atoms with Crippen LogP contribution in [-0.2, 0) is 0 Å². The van der Waals surface area contributed by atoms with Crippen molar-refractivity contribution in [3.63, 3.8) is 0 Å². The minimum atomic E-state index is 0.667. The van der Waals surface area contributed by atoms with Crippen LogP contribution in [0.3, 0.4) is 0 Å². The molecule has 0 rings (SSSR count). The molecule has 0 heterocycles. The van der Waals surface area contributed by atoms with Gasteiger partial charge in [-0.15, -0.1) is 12.3 Å². The molecule has 0 saturated carbocycles. The first-order chi connectivity index (χ1) is 5.81. The molecule has 0 radical (unpaired) electrons. The van der Waals surface area contributed by atoms with E-state index in [4.69, 9.17) is 6.42 Å². The summed E-state index contributed by atoms with van der Waals surface area (Å²) >= 11 is 0. The molecule has 12 heavy (non-hydrogen) atoms.